The van der Waals surface area contributed by atoms with E-state index in [-0.39, 0.29) is 18.0 Å². The van der Waals surface area contributed by atoms with E-state index >= 15 is 0 Å². The van der Waals surface area contributed by atoms with Crippen LogP contribution in [0.25, 0.3) is 0 Å². The maximum Gasteiger partial charge on any atom is 0.265 e. The SMILES string of the molecule is Cc1ccc(N2C(=O)[C@@H](Cc3ccccc3)S/C2=C(\C#N)C(=O)NCc2ccco2)cc1. The van der Waals surface area contributed by atoms with Gasteiger partial charge in [-0.05, 0) is 43.2 Å². The number of hydrogen-bond acceptors (Lipinski definition) is 5. The number of anilines is 1. The summed E-state index contributed by atoms with van der Waals surface area (Å²) in [6.45, 7) is 2.11. The molecule has 1 N–H and O–H groups in total. The number of nitrogens with one attached hydrogen (secondary N) is 1. The summed E-state index contributed by atoms with van der Waals surface area (Å²) in [5.41, 5.74) is 2.61. The maximum atomic E-state index is 13.4. The Morgan fingerprint density at radius 1 is 1.12 bits per heavy atom. The molecule has 2 aromatic carbocycles. The molecule has 1 aromatic heterocycles. The van der Waals surface area contributed by atoms with Gasteiger partial charge in [-0.2, -0.15) is 5.26 Å². The van der Waals surface area contributed by atoms with Crippen LogP contribution in [-0.4, -0.2) is 17.1 Å². The van der Waals surface area contributed by atoms with Crippen LogP contribution in [0.1, 0.15) is 16.9 Å². The Morgan fingerprint density at radius 3 is 2.53 bits per heavy atom. The van der Waals surface area contributed by atoms with Crippen molar-refractivity contribution in [3.05, 3.63) is 100 Å². The van der Waals surface area contributed by atoms with Crippen molar-refractivity contribution in [3.63, 3.8) is 0 Å². The Kier molecular flexibility index (Phi) is 6.43. The van der Waals surface area contributed by atoms with Gasteiger partial charge in [0.05, 0.1) is 18.1 Å². The van der Waals surface area contributed by atoms with Gasteiger partial charge in [-0.3, -0.25) is 14.5 Å². The van der Waals surface area contributed by atoms with Crippen molar-refractivity contribution in [1.82, 2.24) is 5.32 Å². The number of carbonyl (C=O) groups is 2. The molecule has 3 aromatic rings. The molecular weight excluding hydrogens is 422 g/mol. The minimum Gasteiger partial charge on any atom is -0.467 e. The molecule has 0 bridgehead atoms. The fourth-order valence-electron chi connectivity index (χ4n) is 3.41. The van der Waals surface area contributed by atoms with Gasteiger partial charge in [0.1, 0.15) is 22.4 Å². The van der Waals surface area contributed by atoms with Crippen molar-refractivity contribution in [2.75, 3.05) is 4.90 Å². The van der Waals surface area contributed by atoms with Crippen LogP contribution >= 0.6 is 11.8 Å². The minimum absolute atomic E-state index is 0.0916. The lowest BCUT2D eigenvalue weighted by Gasteiger charge is -2.19. The lowest BCUT2D eigenvalue weighted by Crippen LogP contribution is -2.32. The number of hydrogen-bond donors (Lipinski definition) is 1. The van der Waals surface area contributed by atoms with Crippen molar-refractivity contribution in [1.29, 1.82) is 5.26 Å². The first-order valence-corrected chi connectivity index (χ1v) is 11.0. The first kappa shape index (κ1) is 21.5. The van der Waals surface area contributed by atoms with Gasteiger partial charge in [-0.25, -0.2) is 0 Å². The summed E-state index contributed by atoms with van der Waals surface area (Å²) in [5, 5.41) is 12.5. The van der Waals surface area contributed by atoms with Crippen molar-refractivity contribution in [2.24, 2.45) is 0 Å². The van der Waals surface area contributed by atoms with Gasteiger partial charge in [-0.15, -0.1) is 0 Å². The third-order valence-corrected chi connectivity index (χ3v) is 6.33. The quantitative estimate of drug-likeness (QED) is 0.453. The summed E-state index contributed by atoms with van der Waals surface area (Å²) in [5.74, 6) is -0.117. The van der Waals surface area contributed by atoms with Crippen molar-refractivity contribution >= 4 is 29.3 Å². The van der Waals surface area contributed by atoms with Gasteiger partial charge in [0.15, 0.2) is 0 Å². The van der Waals surface area contributed by atoms with E-state index in [9.17, 15) is 14.9 Å². The Labute approximate surface area is 190 Å². The number of benzene rings is 2. The topological polar surface area (TPSA) is 86.3 Å². The molecule has 2 amide bonds. The Morgan fingerprint density at radius 2 is 1.88 bits per heavy atom. The molecule has 0 radical (unpaired) electrons. The van der Waals surface area contributed by atoms with Crippen molar-refractivity contribution in [2.45, 2.75) is 25.1 Å². The maximum absolute atomic E-state index is 13.4. The van der Waals surface area contributed by atoms with E-state index in [4.69, 9.17) is 4.42 Å². The summed E-state index contributed by atoms with van der Waals surface area (Å²) in [4.78, 5) is 27.8. The molecular formula is C25H21N3O3S. The summed E-state index contributed by atoms with van der Waals surface area (Å²) in [7, 11) is 0. The van der Waals surface area contributed by atoms with Gasteiger partial charge in [0.25, 0.3) is 5.91 Å². The van der Waals surface area contributed by atoms with Gasteiger partial charge < -0.3 is 9.73 Å². The highest BCUT2D eigenvalue weighted by atomic mass is 32.2. The molecule has 1 aliphatic heterocycles. The fraction of sp³-hybridized carbons (Fsp3) is 0.160. The predicted octanol–water partition coefficient (Wildman–Crippen LogP) is 4.33. The fourth-order valence-corrected chi connectivity index (χ4v) is 4.72. The molecule has 1 atom stereocenters. The first-order chi connectivity index (χ1) is 15.6. The smallest absolute Gasteiger partial charge is 0.265 e. The largest absolute Gasteiger partial charge is 0.467 e. The lowest BCUT2D eigenvalue weighted by atomic mass is 10.1. The van der Waals surface area contributed by atoms with E-state index in [0.717, 1.165) is 11.1 Å². The van der Waals surface area contributed by atoms with Crippen LogP contribution in [0, 0.1) is 18.3 Å². The number of nitriles is 1. The minimum atomic E-state index is -0.545. The molecule has 160 valence electrons. The Hall–Kier alpha value is -3.76. The Balaban J connectivity index is 1.67. The molecule has 6 nitrogen and oxygen atoms in total. The summed E-state index contributed by atoms with van der Waals surface area (Å²) < 4.78 is 5.24. The van der Waals surface area contributed by atoms with E-state index in [1.165, 1.54) is 22.9 Å². The van der Waals surface area contributed by atoms with Crippen molar-refractivity contribution in [3.8, 4) is 6.07 Å². The summed E-state index contributed by atoms with van der Waals surface area (Å²) in [6, 6.07) is 22.6. The molecule has 4 rings (SSSR count). The highest BCUT2D eigenvalue weighted by molar-refractivity contribution is 8.05. The number of nitrogens with zero attached hydrogens (tertiary/aromatic N) is 2. The second-order valence-corrected chi connectivity index (χ2v) is 8.55. The van der Waals surface area contributed by atoms with E-state index in [0.29, 0.717) is 22.9 Å². The normalized spacial score (nSPS) is 17.2. The van der Waals surface area contributed by atoms with Gasteiger partial charge in [0, 0.05) is 5.69 Å². The first-order valence-electron chi connectivity index (χ1n) is 10.1. The average molecular weight is 444 g/mol. The van der Waals surface area contributed by atoms with E-state index in [1.54, 1.807) is 12.1 Å². The number of rotatable bonds is 6. The average Bonchev–Trinajstić information content (AvgIpc) is 3.43. The zero-order valence-electron chi connectivity index (χ0n) is 17.4. The van der Waals surface area contributed by atoms with Crippen molar-refractivity contribution < 1.29 is 14.0 Å². The molecule has 0 unspecified atom stereocenters. The summed E-state index contributed by atoms with van der Waals surface area (Å²) >= 11 is 1.25. The molecule has 2 heterocycles. The van der Waals surface area contributed by atoms with Crippen LogP contribution < -0.4 is 10.2 Å². The number of amides is 2. The van der Waals surface area contributed by atoms with Gasteiger partial charge >= 0.3 is 0 Å². The van der Waals surface area contributed by atoms with E-state index in [2.05, 4.69) is 5.32 Å². The zero-order valence-corrected chi connectivity index (χ0v) is 18.3. The third-order valence-electron chi connectivity index (χ3n) is 5.06. The Bertz CT molecular complexity index is 1180. The molecule has 0 saturated carbocycles. The highest BCUT2D eigenvalue weighted by Crippen LogP contribution is 2.41. The number of aryl methyl sites for hydroxylation is 1. The lowest BCUT2D eigenvalue weighted by molar-refractivity contribution is -0.117. The molecule has 0 aliphatic carbocycles. The molecule has 32 heavy (non-hydrogen) atoms. The zero-order chi connectivity index (χ0) is 22.5. The molecule has 7 heteroatoms. The summed E-state index contributed by atoms with van der Waals surface area (Å²) in [6.07, 6.45) is 2.02. The second-order valence-electron chi connectivity index (χ2n) is 7.36. The van der Waals surface area contributed by atoms with Gasteiger partial charge in [0.2, 0.25) is 5.91 Å². The van der Waals surface area contributed by atoms with E-state index in [1.807, 2.05) is 67.6 Å². The number of carbonyl (C=O) groups excluding carboxylic acids is 2. The van der Waals surface area contributed by atoms with Gasteiger partial charge in [-0.1, -0.05) is 59.8 Å². The standard InChI is InChI=1S/C25H21N3O3S/c1-17-9-11-19(12-10-17)28-24(30)22(14-18-6-3-2-4-7-18)32-25(28)21(15-26)23(29)27-16-20-8-5-13-31-20/h2-13,22H,14,16H2,1H3,(H,27,29)/b25-21+/t22-/m1/s1. The predicted molar refractivity (Wildman–Crippen MR) is 123 cm³/mol. The number of furan rings is 1. The van der Waals surface area contributed by atoms with Crippen LogP contribution in [-0.2, 0) is 22.6 Å². The molecule has 1 aliphatic rings. The molecule has 1 fully saturated rings. The highest BCUT2D eigenvalue weighted by Gasteiger charge is 2.40. The van der Waals surface area contributed by atoms with Crippen LogP contribution in [0.2, 0.25) is 0 Å². The second kappa shape index (κ2) is 9.58. The molecule has 1 saturated heterocycles. The monoisotopic (exact) mass is 443 g/mol. The molecule has 0 spiro atoms. The van der Waals surface area contributed by atoms with Crippen LogP contribution in [0.4, 0.5) is 5.69 Å². The van der Waals surface area contributed by atoms with Crippen LogP contribution in [0.15, 0.2) is 88.0 Å². The van der Waals surface area contributed by atoms with Crippen LogP contribution in [0.5, 0.6) is 0 Å². The van der Waals surface area contributed by atoms with E-state index < -0.39 is 11.2 Å². The number of thioether (sulfide) groups is 1. The van der Waals surface area contributed by atoms with Crippen LogP contribution in [0.3, 0.4) is 0 Å². The third kappa shape index (κ3) is 4.61.